The first-order valence-electron chi connectivity index (χ1n) is 7.72. The first-order valence-corrected chi connectivity index (χ1v) is 8.91. The van der Waals surface area contributed by atoms with Gasteiger partial charge in [-0.3, -0.25) is 4.79 Å². The minimum absolute atomic E-state index is 0.151. The number of aromatic carboxylic acids is 1. The molecule has 26 heavy (non-hydrogen) atoms. The van der Waals surface area contributed by atoms with Gasteiger partial charge in [0, 0.05) is 12.1 Å². The van der Waals surface area contributed by atoms with Gasteiger partial charge in [-0.05, 0) is 54.1 Å². The lowest BCUT2D eigenvalue weighted by Gasteiger charge is -2.19. The highest BCUT2D eigenvalue weighted by atomic mass is 35.5. The van der Waals surface area contributed by atoms with Gasteiger partial charge in [0.05, 0.1) is 16.2 Å². The van der Waals surface area contributed by atoms with E-state index in [1.54, 1.807) is 42.3 Å². The average molecular weight is 387 g/mol. The number of anilines is 1. The lowest BCUT2D eigenvalue weighted by molar-refractivity contribution is -0.113. The number of halogens is 1. The summed E-state index contributed by atoms with van der Waals surface area (Å²) in [7, 11) is 1.70. The van der Waals surface area contributed by atoms with Gasteiger partial charge in [-0.1, -0.05) is 35.9 Å². The number of rotatable bonds is 3. The summed E-state index contributed by atoms with van der Waals surface area (Å²) in [6.07, 6.45) is 0. The topological polar surface area (TPSA) is 70.0 Å². The molecule has 0 fully saturated rings. The Balaban J connectivity index is 1.92. The van der Waals surface area contributed by atoms with E-state index >= 15 is 0 Å². The maximum atomic E-state index is 12.4. The Morgan fingerprint density at radius 1 is 1.15 bits per heavy atom. The van der Waals surface area contributed by atoms with Gasteiger partial charge in [-0.15, -0.1) is 0 Å². The molecule has 0 bridgehead atoms. The molecular formula is C19H15ClN2O3S. The molecule has 0 unspecified atom stereocenters. The van der Waals surface area contributed by atoms with Crippen LogP contribution in [0.1, 0.15) is 22.8 Å². The van der Waals surface area contributed by atoms with Crippen LogP contribution in [0, 0.1) is 0 Å². The Morgan fingerprint density at radius 2 is 1.81 bits per heavy atom. The van der Waals surface area contributed by atoms with Gasteiger partial charge < -0.3 is 10.0 Å². The number of hydrogen-bond donors (Lipinski definition) is 1. The number of carboxylic acids is 1. The quantitative estimate of drug-likeness (QED) is 0.784. The maximum absolute atomic E-state index is 12.4. The molecular weight excluding hydrogens is 372 g/mol. The predicted octanol–water partition coefficient (Wildman–Crippen LogP) is 4.54. The summed E-state index contributed by atoms with van der Waals surface area (Å²) >= 11 is 7.14. The van der Waals surface area contributed by atoms with Crippen LogP contribution in [0.3, 0.4) is 0 Å². The number of carboxylic acid groups (broad SMARTS) is 1. The molecule has 0 atom stereocenters. The molecule has 0 saturated carbocycles. The third-order valence-corrected chi connectivity index (χ3v) is 5.47. The standard InChI is InChI=1S/C19H15ClN2O3S/c1-11(12-7-9-13(20)10-8-12)16-17(23)21-19(26-16)22(2)15-6-4-3-5-14(15)18(24)25/h3-10H,1-2H3,(H,24,25)/b16-11-. The number of hydrogen-bond acceptors (Lipinski definition) is 4. The van der Waals surface area contributed by atoms with Crippen LogP contribution in [-0.2, 0) is 4.79 Å². The molecule has 0 aliphatic carbocycles. The Kier molecular flexibility index (Phi) is 5.15. The average Bonchev–Trinajstić information content (AvgIpc) is 3.02. The summed E-state index contributed by atoms with van der Waals surface area (Å²) in [5.74, 6) is -1.37. The molecule has 1 N–H and O–H groups in total. The fourth-order valence-electron chi connectivity index (χ4n) is 2.56. The highest BCUT2D eigenvalue weighted by molar-refractivity contribution is 8.18. The fourth-order valence-corrected chi connectivity index (χ4v) is 3.63. The van der Waals surface area contributed by atoms with Crippen LogP contribution >= 0.6 is 23.4 Å². The lowest BCUT2D eigenvalue weighted by Crippen LogP contribution is -2.24. The molecule has 3 rings (SSSR count). The van der Waals surface area contributed by atoms with Gasteiger partial charge >= 0.3 is 5.97 Å². The second-order valence-corrected chi connectivity index (χ2v) is 7.06. The van der Waals surface area contributed by atoms with E-state index in [9.17, 15) is 14.7 Å². The molecule has 1 heterocycles. The van der Waals surface area contributed by atoms with Crippen molar-refractivity contribution in [1.82, 2.24) is 0 Å². The Bertz CT molecular complexity index is 952. The first kappa shape index (κ1) is 18.2. The SMILES string of the molecule is C/C(=C1/SC(N(C)c2ccccc2C(=O)O)=NC1=O)c1ccc(Cl)cc1. The number of aliphatic imine (C=N–C) groups is 1. The number of benzene rings is 2. The van der Waals surface area contributed by atoms with E-state index in [-0.39, 0.29) is 11.5 Å². The van der Waals surface area contributed by atoms with Gasteiger partial charge in [0.2, 0.25) is 0 Å². The van der Waals surface area contributed by atoms with Crippen molar-refractivity contribution < 1.29 is 14.7 Å². The number of amidine groups is 1. The second kappa shape index (κ2) is 7.35. The predicted molar refractivity (Wildman–Crippen MR) is 106 cm³/mol. The summed E-state index contributed by atoms with van der Waals surface area (Å²) in [5.41, 5.74) is 2.31. The maximum Gasteiger partial charge on any atom is 0.337 e. The minimum Gasteiger partial charge on any atom is -0.478 e. The summed E-state index contributed by atoms with van der Waals surface area (Å²) < 4.78 is 0. The van der Waals surface area contributed by atoms with Gasteiger partial charge in [-0.25, -0.2) is 4.79 Å². The van der Waals surface area contributed by atoms with Crippen LogP contribution in [0.5, 0.6) is 0 Å². The van der Waals surface area contributed by atoms with E-state index in [0.717, 1.165) is 11.1 Å². The molecule has 132 valence electrons. The van der Waals surface area contributed by atoms with Crippen molar-refractivity contribution in [3.8, 4) is 0 Å². The molecule has 0 aromatic heterocycles. The number of thioether (sulfide) groups is 1. The normalized spacial score (nSPS) is 15.7. The van der Waals surface area contributed by atoms with Crippen LogP contribution in [0.25, 0.3) is 5.57 Å². The summed E-state index contributed by atoms with van der Waals surface area (Å²) in [4.78, 5) is 30.1. The zero-order valence-electron chi connectivity index (χ0n) is 14.1. The molecule has 2 aromatic carbocycles. The Labute approximate surface area is 160 Å². The number of allylic oxidation sites excluding steroid dienone is 1. The van der Waals surface area contributed by atoms with Gasteiger partial charge in [0.25, 0.3) is 5.91 Å². The molecule has 0 saturated heterocycles. The van der Waals surface area contributed by atoms with Crippen molar-refractivity contribution >= 4 is 51.7 Å². The third kappa shape index (κ3) is 3.52. The summed E-state index contributed by atoms with van der Waals surface area (Å²) in [5, 5.41) is 10.4. The van der Waals surface area contributed by atoms with Gasteiger partial charge in [-0.2, -0.15) is 4.99 Å². The van der Waals surface area contributed by atoms with E-state index in [1.165, 1.54) is 17.8 Å². The smallest absolute Gasteiger partial charge is 0.337 e. The monoisotopic (exact) mass is 386 g/mol. The number of nitrogens with zero attached hydrogens (tertiary/aromatic N) is 2. The Hall–Kier alpha value is -2.57. The second-order valence-electron chi connectivity index (χ2n) is 5.64. The van der Waals surface area contributed by atoms with Crippen molar-refractivity contribution in [3.63, 3.8) is 0 Å². The zero-order valence-corrected chi connectivity index (χ0v) is 15.6. The van der Waals surface area contributed by atoms with Crippen molar-refractivity contribution in [3.05, 3.63) is 69.6 Å². The number of amides is 1. The lowest BCUT2D eigenvalue weighted by atomic mass is 10.1. The number of carbonyl (C=O) groups excluding carboxylic acids is 1. The first-order chi connectivity index (χ1) is 12.4. The molecule has 0 radical (unpaired) electrons. The molecule has 5 nitrogen and oxygen atoms in total. The van der Waals surface area contributed by atoms with Crippen LogP contribution in [0.15, 0.2) is 58.4 Å². The van der Waals surface area contributed by atoms with Crippen LogP contribution in [0.4, 0.5) is 5.69 Å². The highest BCUT2D eigenvalue weighted by Gasteiger charge is 2.28. The molecule has 1 aliphatic heterocycles. The molecule has 1 aliphatic rings. The van der Waals surface area contributed by atoms with E-state index in [0.29, 0.717) is 20.8 Å². The minimum atomic E-state index is -1.03. The molecule has 2 aromatic rings. The van der Waals surface area contributed by atoms with Crippen molar-refractivity contribution in [2.75, 3.05) is 11.9 Å². The fraction of sp³-hybridized carbons (Fsp3) is 0.105. The van der Waals surface area contributed by atoms with Crippen LogP contribution < -0.4 is 4.90 Å². The van der Waals surface area contributed by atoms with E-state index < -0.39 is 5.97 Å². The van der Waals surface area contributed by atoms with Crippen molar-refractivity contribution in [2.45, 2.75) is 6.92 Å². The zero-order chi connectivity index (χ0) is 18.8. The highest BCUT2D eigenvalue weighted by Crippen LogP contribution is 2.36. The Morgan fingerprint density at radius 3 is 2.46 bits per heavy atom. The van der Waals surface area contributed by atoms with Crippen LogP contribution in [-0.4, -0.2) is 29.2 Å². The summed E-state index contributed by atoms with van der Waals surface area (Å²) in [6, 6.07) is 13.8. The van der Waals surface area contributed by atoms with E-state index in [2.05, 4.69) is 4.99 Å². The van der Waals surface area contributed by atoms with Gasteiger partial charge in [0.1, 0.15) is 0 Å². The molecule has 0 spiro atoms. The van der Waals surface area contributed by atoms with Crippen molar-refractivity contribution in [2.24, 2.45) is 4.99 Å². The summed E-state index contributed by atoms with van der Waals surface area (Å²) in [6.45, 7) is 1.85. The van der Waals surface area contributed by atoms with E-state index in [1.807, 2.05) is 19.1 Å². The third-order valence-electron chi connectivity index (χ3n) is 3.99. The number of carbonyl (C=O) groups is 2. The molecule has 7 heteroatoms. The van der Waals surface area contributed by atoms with Crippen LogP contribution in [0.2, 0.25) is 5.02 Å². The molecule has 1 amide bonds. The largest absolute Gasteiger partial charge is 0.478 e. The van der Waals surface area contributed by atoms with Gasteiger partial charge in [0.15, 0.2) is 5.17 Å². The van der Waals surface area contributed by atoms with Crippen molar-refractivity contribution in [1.29, 1.82) is 0 Å². The van der Waals surface area contributed by atoms with E-state index in [4.69, 9.17) is 11.6 Å². The number of para-hydroxylation sites is 1.